The predicted octanol–water partition coefficient (Wildman–Crippen LogP) is 2.08. The molecular formula is C12H17NO4S2. The fourth-order valence-corrected chi connectivity index (χ4v) is 4.83. The van der Waals surface area contributed by atoms with Crippen LogP contribution in [0.2, 0.25) is 0 Å². The molecule has 2 rings (SSSR count). The Balaban J connectivity index is 2.20. The summed E-state index contributed by atoms with van der Waals surface area (Å²) < 4.78 is 27.0. The number of aryl methyl sites for hydroxylation is 1. The van der Waals surface area contributed by atoms with Gasteiger partial charge in [0.25, 0.3) is 0 Å². The summed E-state index contributed by atoms with van der Waals surface area (Å²) >= 11 is 0.942. The Morgan fingerprint density at radius 2 is 2.16 bits per heavy atom. The number of hydrogen-bond donors (Lipinski definition) is 2. The zero-order valence-electron chi connectivity index (χ0n) is 11.1. The van der Waals surface area contributed by atoms with Crippen LogP contribution in [-0.2, 0) is 10.0 Å². The Morgan fingerprint density at radius 3 is 2.63 bits per heavy atom. The lowest BCUT2D eigenvalue weighted by atomic mass is 10.1. The number of nitrogens with one attached hydrogen (secondary N) is 1. The Labute approximate surface area is 116 Å². The average Bonchev–Trinajstić information content (AvgIpc) is 2.69. The van der Waals surface area contributed by atoms with E-state index in [-0.39, 0.29) is 15.2 Å². The molecule has 0 saturated heterocycles. The minimum atomic E-state index is -3.75. The van der Waals surface area contributed by atoms with Crippen LogP contribution in [0.4, 0.5) is 0 Å². The van der Waals surface area contributed by atoms with Gasteiger partial charge in [0.1, 0.15) is 9.77 Å². The topological polar surface area (TPSA) is 83.5 Å². The summed E-state index contributed by atoms with van der Waals surface area (Å²) in [4.78, 5) is 10.8. The van der Waals surface area contributed by atoms with Crippen molar-refractivity contribution in [1.29, 1.82) is 0 Å². The van der Waals surface area contributed by atoms with Crippen LogP contribution in [0.1, 0.15) is 35.5 Å². The van der Waals surface area contributed by atoms with Crippen molar-refractivity contribution in [3.63, 3.8) is 0 Å². The molecule has 1 saturated carbocycles. The molecule has 7 heteroatoms. The number of carboxylic acid groups (broad SMARTS) is 1. The number of carboxylic acids is 1. The maximum Gasteiger partial charge on any atom is 0.347 e. The Morgan fingerprint density at radius 1 is 1.58 bits per heavy atom. The van der Waals surface area contributed by atoms with Gasteiger partial charge in [-0.25, -0.2) is 17.9 Å². The number of thiophene rings is 1. The predicted molar refractivity (Wildman–Crippen MR) is 73.1 cm³/mol. The van der Waals surface area contributed by atoms with E-state index in [1.54, 1.807) is 12.3 Å². The summed E-state index contributed by atoms with van der Waals surface area (Å²) in [7, 11) is -3.75. The lowest BCUT2D eigenvalue weighted by molar-refractivity contribution is 0.0698. The maximum absolute atomic E-state index is 12.2. The molecule has 1 aromatic rings. The van der Waals surface area contributed by atoms with Crippen molar-refractivity contribution in [2.24, 2.45) is 11.3 Å². The third kappa shape index (κ3) is 2.82. The number of sulfonamides is 1. The van der Waals surface area contributed by atoms with Gasteiger partial charge in [0.05, 0.1) is 0 Å². The quantitative estimate of drug-likeness (QED) is 0.872. The Hall–Kier alpha value is -0.920. The Kier molecular flexibility index (Phi) is 3.49. The van der Waals surface area contributed by atoms with Crippen molar-refractivity contribution in [2.45, 2.75) is 32.1 Å². The average molecular weight is 303 g/mol. The van der Waals surface area contributed by atoms with Gasteiger partial charge in [-0.05, 0) is 35.6 Å². The fourth-order valence-electron chi connectivity index (χ4n) is 2.12. The molecule has 1 atom stereocenters. The van der Waals surface area contributed by atoms with E-state index < -0.39 is 16.0 Å². The highest BCUT2D eigenvalue weighted by Gasteiger charge is 2.45. The lowest BCUT2D eigenvalue weighted by Crippen LogP contribution is -2.28. The zero-order chi connectivity index (χ0) is 14.4. The molecule has 1 fully saturated rings. The highest BCUT2D eigenvalue weighted by atomic mass is 32.2. The van der Waals surface area contributed by atoms with Gasteiger partial charge in [-0.1, -0.05) is 13.8 Å². The van der Waals surface area contributed by atoms with E-state index in [2.05, 4.69) is 18.6 Å². The molecule has 0 aliphatic heterocycles. The molecule has 2 N–H and O–H groups in total. The molecule has 1 aliphatic rings. The van der Waals surface area contributed by atoms with E-state index in [0.29, 0.717) is 18.0 Å². The number of aromatic carboxylic acids is 1. The largest absolute Gasteiger partial charge is 0.477 e. The van der Waals surface area contributed by atoms with Crippen molar-refractivity contribution in [1.82, 2.24) is 4.72 Å². The first-order valence-electron chi connectivity index (χ1n) is 5.96. The minimum Gasteiger partial charge on any atom is -0.477 e. The summed E-state index contributed by atoms with van der Waals surface area (Å²) in [5.41, 5.74) is 0.659. The van der Waals surface area contributed by atoms with Crippen LogP contribution in [0.3, 0.4) is 0 Å². The van der Waals surface area contributed by atoms with Gasteiger partial charge in [0.15, 0.2) is 0 Å². The molecule has 0 amide bonds. The molecule has 1 heterocycles. The summed E-state index contributed by atoms with van der Waals surface area (Å²) in [5, 5.41) is 10.6. The van der Waals surface area contributed by atoms with Gasteiger partial charge in [-0.15, -0.1) is 11.3 Å². The molecule has 1 aromatic heterocycles. The van der Waals surface area contributed by atoms with E-state index in [1.807, 2.05) is 0 Å². The molecule has 0 radical (unpaired) electrons. The first kappa shape index (κ1) is 14.5. The van der Waals surface area contributed by atoms with Crippen LogP contribution in [0.25, 0.3) is 0 Å². The van der Waals surface area contributed by atoms with Crippen LogP contribution in [-0.4, -0.2) is 26.0 Å². The third-order valence-corrected chi connectivity index (χ3v) is 6.44. The standard InChI is InChI=1S/C12H17NO4S2/c1-7-6-18-9(11(14)15)10(7)19(16,17)13-5-8-4-12(8,2)3/h6,8,13H,4-5H2,1-3H3,(H,14,15). The second-order valence-corrected chi connectivity index (χ2v) is 8.21. The molecule has 0 aromatic carbocycles. The molecule has 5 nitrogen and oxygen atoms in total. The van der Waals surface area contributed by atoms with Crippen molar-refractivity contribution >= 4 is 27.3 Å². The van der Waals surface area contributed by atoms with Crippen LogP contribution in [0.5, 0.6) is 0 Å². The van der Waals surface area contributed by atoms with Gasteiger partial charge >= 0.3 is 5.97 Å². The summed E-state index contributed by atoms with van der Waals surface area (Å²) in [5.74, 6) is -0.875. The van der Waals surface area contributed by atoms with Crippen molar-refractivity contribution in [2.75, 3.05) is 6.54 Å². The molecule has 0 bridgehead atoms. The first-order valence-corrected chi connectivity index (χ1v) is 8.32. The molecule has 0 spiro atoms. The SMILES string of the molecule is Cc1csc(C(=O)O)c1S(=O)(=O)NCC1CC1(C)C. The molecule has 1 unspecified atom stereocenters. The van der Waals surface area contributed by atoms with Crippen LogP contribution < -0.4 is 4.72 Å². The van der Waals surface area contributed by atoms with E-state index >= 15 is 0 Å². The van der Waals surface area contributed by atoms with Crippen molar-refractivity contribution in [3.05, 3.63) is 15.8 Å². The normalized spacial score (nSPS) is 21.3. The van der Waals surface area contributed by atoms with Gasteiger partial charge in [0, 0.05) is 6.54 Å². The fraction of sp³-hybridized carbons (Fsp3) is 0.583. The van der Waals surface area contributed by atoms with Gasteiger partial charge in [0.2, 0.25) is 10.0 Å². The van der Waals surface area contributed by atoms with E-state index in [1.165, 1.54) is 0 Å². The van der Waals surface area contributed by atoms with Gasteiger partial charge < -0.3 is 5.11 Å². The van der Waals surface area contributed by atoms with Crippen LogP contribution in [0.15, 0.2) is 10.3 Å². The second-order valence-electron chi connectivity index (χ2n) is 5.62. The van der Waals surface area contributed by atoms with Crippen molar-refractivity contribution in [3.8, 4) is 0 Å². The highest BCUT2D eigenvalue weighted by Crippen LogP contribution is 2.51. The number of rotatable bonds is 5. The molecule has 106 valence electrons. The summed E-state index contributed by atoms with van der Waals surface area (Å²) in [6.07, 6.45) is 0.990. The van der Waals surface area contributed by atoms with Crippen molar-refractivity contribution < 1.29 is 18.3 Å². The monoisotopic (exact) mass is 303 g/mol. The van der Waals surface area contributed by atoms with E-state index in [0.717, 1.165) is 17.8 Å². The number of carbonyl (C=O) groups is 1. The first-order chi connectivity index (χ1) is 8.65. The smallest absolute Gasteiger partial charge is 0.347 e. The van der Waals surface area contributed by atoms with Crippen LogP contribution >= 0.6 is 11.3 Å². The Bertz CT molecular complexity index is 616. The highest BCUT2D eigenvalue weighted by molar-refractivity contribution is 7.89. The molecule has 19 heavy (non-hydrogen) atoms. The molecular weight excluding hydrogens is 286 g/mol. The minimum absolute atomic E-state index is 0.0940. The second kappa shape index (κ2) is 4.57. The van der Waals surface area contributed by atoms with E-state index in [4.69, 9.17) is 5.11 Å². The maximum atomic E-state index is 12.2. The van der Waals surface area contributed by atoms with Gasteiger partial charge in [-0.2, -0.15) is 0 Å². The molecule has 1 aliphatic carbocycles. The van der Waals surface area contributed by atoms with Crippen LogP contribution in [0, 0.1) is 18.3 Å². The summed E-state index contributed by atoms with van der Waals surface area (Å²) in [6, 6.07) is 0. The summed E-state index contributed by atoms with van der Waals surface area (Å²) in [6.45, 7) is 6.15. The lowest BCUT2D eigenvalue weighted by Gasteiger charge is -2.08. The van der Waals surface area contributed by atoms with Gasteiger partial charge in [-0.3, -0.25) is 0 Å². The number of hydrogen-bond acceptors (Lipinski definition) is 4. The van der Waals surface area contributed by atoms with E-state index in [9.17, 15) is 13.2 Å². The third-order valence-electron chi connectivity index (χ3n) is 3.62. The zero-order valence-corrected chi connectivity index (χ0v) is 12.7.